The molecule has 0 bridgehead atoms. The van der Waals surface area contributed by atoms with Crippen molar-refractivity contribution >= 4 is 16.9 Å². The summed E-state index contributed by atoms with van der Waals surface area (Å²) in [6, 6.07) is 5.94. The molecule has 0 radical (unpaired) electrons. The lowest BCUT2D eigenvalue weighted by atomic mass is 9.78. The minimum absolute atomic E-state index is 0.00673. The number of rotatable bonds is 4. The number of hydrogen-bond donors (Lipinski definition) is 1. The number of nitrogens with one attached hydrogen (secondary N) is 1. The highest BCUT2D eigenvalue weighted by molar-refractivity contribution is 5.97. The van der Waals surface area contributed by atoms with Gasteiger partial charge in [-0.3, -0.25) is 4.79 Å². The lowest BCUT2D eigenvalue weighted by Crippen LogP contribution is -2.43. The van der Waals surface area contributed by atoms with Gasteiger partial charge in [0.05, 0.1) is 22.4 Å². The molecule has 1 aliphatic rings. The Morgan fingerprint density at radius 1 is 1.08 bits per heavy atom. The fourth-order valence-corrected chi connectivity index (χ4v) is 3.87. The normalized spacial score (nSPS) is 23.6. The molecule has 1 N–H and O–H groups in total. The first kappa shape index (κ1) is 17.8. The molecule has 4 nitrogen and oxygen atoms in total. The van der Waals surface area contributed by atoms with E-state index in [0.29, 0.717) is 17.4 Å². The number of nitrogens with zero attached hydrogens (tertiary/aromatic N) is 2. The largest absolute Gasteiger partial charge is 0.349 e. The number of aromatic nitrogens is 2. The second-order valence-electron chi connectivity index (χ2n) is 7.37. The number of hydrogen-bond acceptors (Lipinski definition) is 3. The van der Waals surface area contributed by atoms with Crippen LogP contribution >= 0.6 is 0 Å². The molecule has 1 heterocycles. The van der Waals surface area contributed by atoms with Crippen molar-refractivity contribution in [2.24, 2.45) is 11.8 Å². The van der Waals surface area contributed by atoms with E-state index in [1.165, 1.54) is 12.8 Å². The van der Waals surface area contributed by atoms with Crippen LogP contribution in [0.4, 0.5) is 0 Å². The molecule has 1 aromatic carbocycles. The standard InChI is InChI=1S/C21H29N3O/c1-5-16-17(6-2)23-20-12-15(10-11-19(20)22-16)21(25)24-18-9-7-8-13(3)14(18)4/h10-14,18H,5-9H2,1-4H3,(H,24,25)/t13-,14-,18+/m0/s1. The van der Waals surface area contributed by atoms with Gasteiger partial charge in [0.15, 0.2) is 0 Å². The van der Waals surface area contributed by atoms with Gasteiger partial charge in [0, 0.05) is 11.6 Å². The Kier molecular flexibility index (Phi) is 5.36. The molecule has 0 saturated heterocycles. The Hall–Kier alpha value is -1.97. The maximum Gasteiger partial charge on any atom is 0.251 e. The molecular formula is C21H29N3O. The van der Waals surface area contributed by atoms with Crippen molar-refractivity contribution in [2.75, 3.05) is 0 Å². The summed E-state index contributed by atoms with van der Waals surface area (Å²) in [4.78, 5) is 22.2. The predicted octanol–water partition coefficient (Wildman–Crippen LogP) is 4.31. The van der Waals surface area contributed by atoms with E-state index < -0.39 is 0 Å². The van der Waals surface area contributed by atoms with Crippen LogP contribution in [0.25, 0.3) is 11.0 Å². The van der Waals surface area contributed by atoms with Gasteiger partial charge < -0.3 is 5.32 Å². The molecule has 1 aliphatic carbocycles. The van der Waals surface area contributed by atoms with Crippen LogP contribution < -0.4 is 5.32 Å². The molecule has 0 spiro atoms. The fourth-order valence-electron chi connectivity index (χ4n) is 3.87. The highest BCUT2D eigenvalue weighted by atomic mass is 16.1. The van der Waals surface area contributed by atoms with E-state index in [1.54, 1.807) is 0 Å². The summed E-state index contributed by atoms with van der Waals surface area (Å²) in [6.45, 7) is 8.73. The van der Waals surface area contributed by atoms with Gasteiger partial charge in [0.1, 0.15) is 0 Å². The lowest BCUT2D eigenvalue weighted by molar-refractivity contribution is 0.0891. The topological polar surface area (TPSA) is 54.9 Å². The van der Waals surface area contributed by atoms with Gasteiger partial charge in [0.2, 0.25) is 0 Å². The quantitative estimate of drug-likeness (QED) is 0.903. The number of amides is 1. The Morgan fingerprint density at radius 2 is 1.76 bits per heavy atom. The third-order valence-electron chi connectivity index (χ3n) is 5.77. The summed E-state index contributed by atoms with van der Waals surface area (Å²) in [5, 5.41) is 3.24. The summed E-state index contributed by atoms with van der Waals surface area (Å²) in [6.07, 6.45) is 5.27. The maximum absolute atomic E-state index is 12.7. The summed E-state index contributed by atoms with van der Waals surface area (Å²) >= 11 is 0. The monoisotopic (exact) mass is 339 g/mol. The Bertz CT molecular complexity index is 771. The molecule has 0 aliphatic heterocycles. The van der Waals surface area contributed by atoms with E-state index in [0.717, 1.165) is 41.7 Å². The molecule has 3 atom stereocenters. The maximum atomic E-state index is 12.7. The van der Waals surface area contributed by atoms with E-state index >= 15 is 0 Å². The van der Waals surface area contributed by atoms with Gasteiger partial charge in [-0.2, -0.15) is 0 Å². The lowest BCUT2D eigenvalue weighted by Gasteiger charge is -2.34. The highest BCUT2D eigenvalue weighted by Crippen LogP contribution is 2.29. The van der Waals surface area contributed by atoms with Crippen LogP contribution in [0.2, 0.25) is 0 Å². The Balaban J connectivity index is 1.84. The number of benzene rings is 1. The zero-order valence-electron chi connectivity index (χ0n) is 15.8. The molecule has 1 fully saturated rings. The third kappa shape index (κ3) is 3.68. The highest BCUT2D eigenvalue weighted by Gasteiger charge is 2.28. The van der Waals surface area contributed by atoms with Crippen molar-refractivity contribution in [3.63, 3.8) is 0 Å². The van der Waals surface area contributed by atoms with Gasteiger partial charge in [-0.1, -0.05) is 40.5 Å². The average molecular weight is 339 g/mol. The minimum atomic E-state index is 0.00673. The van der Waals surface area contributed by atoms with Crippen molar-refractivity contribution in [3.8, 4) is 0 Å². The van der Waals surface area contributed by atoms with Crippen LogP contribution in [0.5, 0.6) is 0 Å². The van der Waals surface area contributed by atoms with Gasteiger partial charge in [-0.25, -0.2) is 9.97 Å². The van der Waals surface area contributed by atoms with Crippen molar-refractivity contribution < 1.29 is 4.79 Å². The molecule has 4 heteroatoms. The van der Waals surface area contributed by atoms with Crippen LogP contribution in [0, 0.1) is 11.8 Å². The fraction of sp³-hybridized carbons (Fsp3) is 0.571. The summed E-state index contributed by atoms with van der Waals surface area (Å²) < 4.78 is 0. The second kappa shape index (κ2) is 7.51. The smallest absolute Gasteiger partial charge is 0.251 e. The number of carbonyl (C=O) groups is 1. The Morgan fingerprint density at radius 3 is 2.44 bits per heavy atom. The van der Waals surface area contributed by atoms with Gasteiger partial charge in [-0.05, 0) is 49.3 Å². The number of aryl methyl sites for hydroxylation is 2. The van der Waals surface area contributed by atoms with Crippen LogP contribution in [0.15, 0.2) is 18.2 Å². The van der Waals surface area contributed by atoms with Crippen LogP contribution in [-0.4, -0.2) is 21.9 Å². The van der Waals surface area contributed by atoms with Crippen molar-refractivity contribution in [1.82, 2.24) is 15.3 Å². The zero-order chi connectivity index (χ0) is 18.0. The first-order chi connectivity index (χ1) is 12.0. The van der Waals surface area contributed by atoms with Crippen molar-refractivity contribution in [2.45, 2.75) is 65.8 Å². The summed E-state index contributed by atoms with van der Waals surface area (Å²) in [7, 11) is 0. The minimum Gasteiger partial charge on any atom is -0.349 e. The number of carbonyl (C=O) groups excluding carboxylic acids is 1. The van der Waals surface area contributed by atoms with Gasteiger partial charge in [0.25, 0.3) is 5.91 Å². The molecule has 1 aromatic heterocycles. The first-order valence-corrected chi connectivity index (χ1v) is 9.63. The second-order valence-corrected chi connectivity index (χ2v) is 7.37. The van der Waals surface area contributed by atoms with Gasteiger partial charge >= 0.3 is 0 Å². The Labute approximate surface area is 150 Å². The molecular weight excluding hydrogens is 310 g/mol. The molecule has 25 heavy (non-hydrogen) atoms. The zero-order valence-corrected chi connectivity index (χ0v) is 15.8. The molecule has 134 valence electrons. The van der Waals surface area contributed by atoms with Crippen molar-refractivity contribution in [3.05, 3.63) is 35.2 Å². The summed E-state index contributed by atoms with van der Waals surface area (Å²) in [5.41, 5.74) is 4.44. The predicted molar refractivity (Wildman–Crippen MR) is 102 cm³/mol. The SMILES string of the molecule is CCc1nc2ccc(C(=O)N[C@@H]3CCC[C@H](C)[C@@H]3C)cc2nc1CC. The van der Waals surface area contributed by atoms with E-state index in [2.05, 4.69) is 33.0 Å². The van der Waals surface area contributed by atoms with E-state index in [4.69, 9.17) is 9.97 Å². The van der Waals surface area contributed by atoms with Crippen LogP contribution in [0.1, 0.15) is 68.7 Å². The molecule has 3 rings (SSSR count). The van der Waals surface area contributed by atoms with E-state index in [-0.39, 0.29) is 11.9 Å². The molecule has 0 unspecified atom stereocenters. The molecule has 2 aromatic rings. The number of fused-ring (bicyclic) bond motifs is 1. The average Bonchev–Trinajstić information content (AvgIpc) is 2.63. The van der Waals surface area contributed by atoms with Crippen molar-refractivity contribution in [1.29, 1.82) is 0 Å². The molecule has 1 amide bonds. The van der Waals surface area contributed by atoms with E-state index in [9.17, 15) is 4.79 Å². The van der Waals surface area contributed by atoms with Gasteiger partial charge in [-0.15, -0.1) is 0 Å². The third-order valence-corrected chi connectivity index (χ3v) is 5.77. The van der Waals surface area contributed by atoms with Crippen LogP contribution in [-0.2, 0) is 12.8 Å². The molecule has 1 saturated carbocycles. The van der Waals surface area contributed by atoms with Crippen LogP contribution in [0.3, 0.4) is 0 Å². The summed E-state index contributed by atoms with van der Waals surface area (Å²) in [5.74, 6) is 1.20. The van der Waals surface area contributed by atoms with E-state index in [1.807, 2.05) is 18.2 Å². The first-order valence-electron chi connectivity index (χ1n) is 9.63.